The highest BCUT2D eigenvalue weighted by Gasteiger charge is 2.36. The number of likely N-dealkylation sites (tertiary alicyclic amines) is 1. The van der Waals surface area contributed by atoms with E-state index < -0.39 is 0 Å². The van der Waals surface area contributed by atoms with Crippen LogP contribution < -0.4 is 0 Å². The highest BCUT2D eigenvalue weighted by Crippen LogP contribution is 2.35. The number of hydrogen-bond donors (Lipinski definition) is 1. The largest absolute Gasteiger partial charge is 0.342 e. The molecule has 7 heteroatoms. The maximum atomic E-state index is 12.6. The van der Waals surface area contributed by atoms with Gasteiger partial charge in [0.05, 0.1) is 17.2 Å². The molecule has 0 bridgehead atoms. The molecule has 1 atom stereocenters. The van der Waals surface area contributed by atoms with Gasteiger partial charge < -0.3 is 9.47 Å². The Labute approximate surface area is 217 Å². The lowest BCUT2D eigenvalue weighted by Gasteiger charge is -2.18. The number of benzene rings is 3. The van der Waals surface area contributed by atoms with Crippen molar-refractivity contribution in [1.29, 1.82) is 0 Å². The lowest BCUT2D eigenvalue weighted by Crippen LogP contribution is -2.30. The number of para-hydroxylation sites is 1. The Bertz CT molecular complexity index is 1600. The molecular weight excluding hydrogens is 514 g/mol. The quantitative estimate of drug-likeness (QED) is 0.286. The molecule has 1 saturated carbocycles. The molecular formula is C29H26BrN5O. The first kappa shape index (κ1) is 21.8. The third-order valence-electron chi connectivity index (χ3n) is 7.61. The Kier molecular flexibility index (Phi) is 5.20. The van der Waals surface area contributed by atoms with Gasteiger partial charge in [-0.25, -0.2) is 4.98 Å². The maximum Gasteiger partial charge on any atom is 0.225 e. The zero-order valence-corrected chi connectivity index (χ0v) is 21.4. The lowest BCUT2D eigenvalue weighted by molar-refractivity contribution is -0.131. The molecule has 0 radical (unpaired) electrons. The molecule has 1 unspecified atom stereocenters. The molecule has 7 rings (SSSR count). The number of carbonyl (C=O) groups is 1. The number of aromatic amines is 1. The predicted octanol–water partition coefficient (Wildman–Crippen LogP) is 6.27. The smallest absolute Gasteiger partial charge is 0.225 e. The molecule has 2 fully saturated rings. The number of carbonyl (C=O) groups excluding carboxylic acids is 1. The fourth-order valence-electron chi connectivity index (χ4n) is 5.47. The molecule has 1 amide bonds. The van der Waals surface area contributed by atoms with E-state index in [1.54, 1.807) is 0 Å². The average Bonchev–Trinajstić information content (AvgIpc) is 3.30. The molecule has 2 aromatic heterocycles. The van der Waals surface area contributed by atoms with Crippen LogP contribution in [0.4, 0.5) is 0 Å². The molecule has 180 valence electrons. The van der Waals surface area contributed by atoms with Gasteiger partial charge in [0.25, 0.3) is 0 Å². The first-order valence-electron chi connectivity index (χ1n) is 12.6. The molecule has 0 spiro atoms. The molecule has 6 nitrogen and oxygen atoms in total. The fourth-order valence-corrected chi connectivity index (χ4v) is 5.92. The van der Waals surface area contributed by atoms with E-state index in [1.165, 1.54) is 0 Å². The Hall–Kier alpha value is -3.45. The first-order chi connectivity index (χ1) is 17.6. The van der Waals surface area contributed by atoms with Crippen LogP contribution in [0.1, 0.15) is 19.3 Å². The minimum atomic E-state index is 0.289. The molecule has 1 saturated heterocycles. The summed E-state index contributed by atoms with van der Waals surface area (Å²) in [7, 11) is 0. The van der Waals surface area contributed by atoms with Crippen molar-refractivity contribution in [2.45, 2.75) is 25.8 Å². The van der Waals surface area contributed by atoms with Gasteiger partial charge >= 0.3 is 0 Å². The standard InChI is InChI=1S/C29H26BrN5O/c30-24-2-1-3-26-27(24)32-28(35(26)17-18-12-13-34(16-18)29(36)21-8-9-21)20-6-4-19(5-7-20)22-10-11-23-15-31-33-25(23)14-22/h1-7,10-11,14-15,18,21H,8-9,12-13,16-17H2,(H,31,33). The van der Waals surface area contributed by atoms with Crippen LogP contribution in [0, 0.1) is 11.8 Å². The van der Waals surface area contributed by atoms with Crippen molar-refractivity contribution >= 4 is 43.8 Å². The van der Waals surface area contributed by atoms with Gasteiger partial charge in [0.1, 0.15) is 11.3 Å². The van der Waals surface area contributed by atoms with Gasteiger partial charge in [-0.3, -0.25) is 9.89 Å². The number of H-pyrrole nitrogens is 1. The van der Waals surface area contributed by atoms with Gasteiger partial charge in [0.2, 0.25) is 5.91 Å². The number of amides is 1. The fraction of sp³-hybridized carbons (Fsp3) is 0.276. The average molecular weight is 540 g/mol. The number of rotatable bonds is 5. The lowest BCUT2D eigenvalue weighted by atomic mass is 10.0. The highest BCUT2D eigenvalue weighted by molar-refractivity contribution is 9.10. The predicted molar refractivity (Wildman–Crippen MR) is 145 cm³/mol. The molecule has 2 aliphatic rings. The molecule has 36 heavy (non-hydrogen) atoms. The Balaban J connectivity index is 1.22. The molecule has 1 aliphatic carbocycles. The number of fused-ring (bicyclic) bond motifs is 2. The zero-order valence-electron chi connectivity index (χ0n) is 19.8. The van der Waals surface area contributed by atoms with Crippen LogP contribution in [-0.2, 0) is 11.3 Å². The van der Waals surface area contributed by atoms with E-state index in [4.69, 9.17) is 4.98 Å². The van der Waals surface area contributed by atoms with Crippen molar-refractivity contribution in [3.63, 3.8) is 0 Å². The number of hydrogen-bond acceptors (Lipinski definition) is 3. The maximum absolute atomic E-state index is 12.6. The summed E-state index contributed by atoms with van der Waals surface area (Å²) in [6.07, 6.45) is 5.02. The van der Waals surface area contributed by atoms with Gasteiger partial charge in [-0.15, -0.1) is 0 Å². The SMILES string of the molecule is O=C(C1CC1)N1CCC(Cn2c(-c3ccc(-c4ccc5cn[nH]c5c4)cc3)nc3c(Br)cccc32)C1. The van der Waals surface area contributed by atoms with E-state index in [0.717, 1.165) is 87.8 Å². The summed E-state index contributed by atoms with van der Waals surface area (Å²) in [5.74, 6) is 2.05. The van der Waals surface area contributed by atoms with Crippen molar-refractivity contribution in [2.75, 3.05) is 13.1 Å². The molecule has 5 aromatic rings. The summed E-state index contributed by atoms with van der Waals surface area (Å²) in [6, 6.07) is 21.3. The topological polar surface area (TPSA) is 66.8 Å². The number of imidazole rings is 1. The second kappa shape index (κ2) is 8.59. The summed E-state index contributed by atoms with van der Waals surface area (Å²) in [5.41, 5.74) is 6.54. The number of nitrogens with one attached hydrogen (secondary N) is 1. The van der Waals surface area contributed by atoms with Crippen molar-refractivity contribution < 1.29 is 4.79 Å². The first-order valence-corrected chi connectivity index (χ1v) is 13.4. The minimum Gasteiger partial charge on any atom is -0.342 e. The Morgan fingerprint density at radius 3 is 2.64 bits per heavy atom. The van der Waals surface area contributed by atoms with E-state index in [-0.39, 0.29) is 5.92 Å². The summed E-state index contributed by atoms with van der Waals surface area (Å²) >= 11 is 3.70. The highest BCUT2D eigenvalue weighted by atomic mass is 79.9. The number of aromatic nitrogens is 4. The van der Waals surface area contributed by atoms with Crippen LogP contribution >= 0.6 is 15.9 Å². The Morgan fingerprint density at radius 1 is 1.00 bits per heavy atom. The van der Waals surface area contributed by atoms with Crippen LogP contribution in [0.15, 0.2) is 71.3 Å². The van der Waals surface area contributed by atoms with Gasteiger partial charge in [0, 0.05) is 41.0 Å². The van der Waals surface area contributed by atoms with Crippen LogP contribution in [0.2, 0.25) is 0 Å². The van der Waals surface area contributed by atoms with Gasteiger partial charge in [-0.1, -0.05) is 42.5 Å². The molecule has 3 aromatic carbocycles. The summed E-state index contributed by atoms with van der Waals surface area (Å²) in [4.78, 5) is 19.8. The Morgan fingerprint density at radius 2 is 1.81 bits per heavy atom. The molecule has 3 heterocycles. The monoisotopic (exact) mass is 539 g/mol. The summed E-state index contributed by atoms with van der Waals surface area (Å²) in [6.45, 7) is 2.58. The van der Waals surface area contributed by atoms with Crippen molar-refractivity contribution in [1.82, 2.24) is 24.6 Å². The number of halogens is 1. The third-order valence-corrected chi connectivity index (χ3v) is 8.25. The van der Waals surface area contributed by atoms with Gasteiger partial charge in [0.15, 0.2) is 0 Å². The molecule has 1 N–H and O–H groups in total. The van der Waals surface area contributed by atoms with Crippen molar-refractivity contribution in [3.05, 3.63) is 71.3 Å². The third kappa shape index (κ3) is 3.82. The van der Waals surface area contributed by atoms with E-state index in [0.29, 0.717) is 11.8 Å². The van der Waals surface area contributed by atoms with Crippen LogP contribution in [0.25, 0.3) is 44.5 Å². The van der Waals surface area contributed by atoms with E-state index in [1.807, 2.05) is 12.3 Å². The molecule has 1 aliphatic heterocycles. The van der Waals surface area contributed by atoms with Gasteiger partial charge in [-0.2, -0.15) is 5.10 Å². The van der Waals surface area contributed by atoms with Crippen LogP contribution in [0.3, 0.4) is 0 Å². The summed E-state index contributed by atoms with van der Waals surface area (Å²) < 4.78 is 3.35. The van der Waals surface area contributed by atoms with E-state index in [9.17, 15) is 4.79 Å². The second-order valence-corrected chi connectivity index (χ2v) is 11.0. The van der Waals surface area contributed by atoms with Gasteiger partial charge in [-0.05, 0) is 70.4 Å². The zero-order chi connectivity index (χ0) is 24.2. The van der Waals surface area contributed by atoms with Crippen molar-refractivity contribution in [3.8, 4) is 22.5 Å². The van der Waals surface area contributed by atoms with E-state index in [2.05, 4.69) is 90.2 Å². The summed E-state index contributed by atoms with van der Waals surface area (Å²) in [5, 5.41) is 8.30. The van der Waals surface area contributed by atoms with Crippen molar-refractivity contribution in [2.24, 2.45) is 11.8 Å². The minimum absolute atomic E-state index is 0.289. The second-order valence-electron chi connectivity index (χ2n) is 10.1. The van der Waals surface area contributed by atoms with Crippen LogP contribution in [0.5, 0.6) is 0 Å². The van der Waals surface area contributed by atoms with Crippen LogP contribution in [-0.4, -0.2) is 43.6 Å². The normalized spacial score (nSPS) is 17.9. The number of nitrogens with zero attached hydrogens (tertiary/aromatic N) is 4. The van der Waals surface area contributed by atoms with E-state index >= 15 is 0 Å².